The van der Waals surface area contributed by atoms with E-state index in [0.29, 0.717) is 16.5 Å². The summed E-state index contributed by atoms with van der Waals surface area (Å²) in [5.74, 6) is -0.912. The van der Waals surface area contributed by atoms with Gasteiger partial charge in [0.05, 0.1) is 5.02 Å². The van der Waals surface area contributed by atoms with E-state index in [4.69, 9.17) is 11.6 Å². The molecule has 4 aromatic carbocycles. The van der Waals surface area contributed by atoms with Gasteiger partial charge in [-0.1, -0.05) is 79.5 Å². The molecule has 0 aliphatic heterocycles. The van der Waals surface area contributed by atoms with Gasteiger partial charge in [0.1, 0.15) is 11.6 Å². The van der Waals surface area contributed by atoms with Crippen LogP contribution >= 0.6 is 11.6 Å². The lowest BCUT2D eigenvalue weighted by atomic mass is 9.96. The Morgan fingerprint density at radius 1 is 0.750 bits per heavy atom. The number of hydrogen-bond acceptors (Lipinski definition) is 0. The molecule has 28 heavy (non-hydrogen) atoms. The Morgan fingerprint density at radius 2 is 1.46 bits per heavy atom. The molecule has 0 saturated carbocycles. The highest BCUT2D eigenvalue weighted by molar-refractivity contribution is 6.30. The number of hydrogen-bond donors (Lipinski definition) is 0. The van der Waals surface area contributed by atoms with Crippen molar-refractivity contribution in [2.45, 2.75) is 19.8 Å². The third-order valence-electron chi connectivity index (χ3n) is 5.01. The normalized spacial score (nSPS) is 11.1. The molecular formula is C25H19ClF2. The summed E-state index contributed by atoms with van der Waals surface area (Å²) in [5.41, 5.74) is 4.29. The van der Waals surface area contributed by atoms with E-state index >= 15 is 4.39 Å². The predicted octanol–water partition coefficient (Wildman–Crippen LogP) is 8.06. The second-order valence-corrected chi connectivity index (χ2v) is 7.35. The molecule has 0 aliphatic rings. The van der Waals surface area contributed by atoms with Crippen molar-refractivity contribution in [3.63, 3.8) is 0 Å². The van der Waals surface area contributed by atoms with E-state index < -0.39 is 5.82 Å². The maximum atomic E-state index is 15.1. The Kier molecular flexibility index (Phi) is 5.15. The van der Waals surface area contributed by atoms with Crippen LogP contribution < -0.4 is 0 Å². The molecule has 0 bridgehead atoms. The van der Waals surface area contributed by atoms with Crippen LogP contribution in [0.3, 0.4) is 0 Å². The summed E-state index contributed by atoms with van der Waals surface area (Å²) >= 11 is 5.74. The van der Waals surface area contributed by atoms with E-state index in [-0.39, 0.29) is 10.8 Å². The third-order valence-corrected chi connectivity index (χ3v) is 5.32. The third kappa shape index (κ3) is 3.53. The molecule has 0 radical (unpaired) electrons. The van der Waals surface area contributed by atoms with Crippen LogP contribution in [0.25, 0.3) is 33.0 Å². The highest BCUT2D eigenvalue weighted by Gasteiger charge is 2.12. The average Bonchev–Trinajstić information content (AvgIpc) is 2.71. The van der Waals surface area contributed by atoms with E-state index in [1.807, 2.05) is 18.2 Å². The minimum absolute atomic E-state index is 0.0274. The maximum absolute atomic E-state index is 15.1. The van der Waals surface area contributed by atoms with Gasteiger partial charge in [-0.15, -0.1) is 0 Å². The summed E-state index contributed by atoms with van der Waals surface area (Å²) in [6, 6.07) is 22.1. The minimum atomic E-state index is -0.555. The zero-order chi connectivity index (χ0) is 19.7. The zero-order valence-electron chi connectivity index (χ0n) is 15.5. The molecule has 0 atom stereocenters. The summed E-state index contributed by atoms with van der Waals surface area (Å²) in [6.07, 6.45) is 2.19. The molecule has 0 unspecified atom stereocenters. The van der Waals surface area contributed by atoms with Crippen LogP contribution in [-0.2, 0) is 6.42 Å². The van der Waals surface area contributed by atoms with Crippen molar-refractivity contribution in [3.8, 4) is 22.3 Å². The van der Waals surface area contributed by atoms with Crippen LogP contribution in [0.1, 0.15) is 18.9 Å². The average molecular weight is 393 g/mol. The van der Waals surface area contributed by atoms with Crippen LogP contribution in [0.4, 0.5) is 8.78 Å². The standard InChI is InChI=1S/C25H19ClF2/c1-2-3-16-4-6-17(7-5-16)18-8-11-21-19(14-18)9-12-22(25(21)28)20-10-13-23(26)24(27)15-20/h4-15H,2-3H2,1H3. The van der Waals surface area contributed by atoms with Gasteiger partial charge in [-0.3, -0.25) is 0 Å². The van der Waals surface area contributed by atoms with Gasteiger partial charge in [-0.05, 0) is 52.3 Å². The van der Waals surface area contributed by atoms with Crippen LogP contribution in [-0.4, -0.2) is 0 Å². The fourth-order valence-corrected chi connectivity index (χ4v) is 3.63. The Labute approximate surface area is 168 Å². The smallest absolute Gasteiger partial charge is 0.142 e. The van der Waals surface area contributed by atoms with Gasteiger partial charge in [-0.2, -0.15) is 0 Å². The van der Waals surface area contributed by atoms with Gasteiger partial charge >= 0.3 is 0 Å². The first-order valence-corrected chi connectivity index (χ1v) is 9.71. The van der Waals surface area contributed by atoms with Crippen molar-refractivity contribution < 1.29 is 8.78 Å². The molecule has 0 aromatic heterocycles. The molecule has 0 spiro atoms. The highest BCUT2D eigenvalue weighted by Crippen LogP contribution is 2.33. The lowest BCUT2D eigenvalue weighted by molar-refractivity contribution is 0.627. The van der Waals surface area contributed by atoms with E-state index in [0.717, 1.165) is 29.4 Å². The number of halogens is 3. The van der Waals surface area contributed by atoms with Gasteiger partial charge < -0.3 is 0 Å². The SMILES string of the molecule is CCCc1ccc(-c2ccc3c(F)c(-c4ccc(Cl)c(F)c4)ccc3c2)cc1. The van der Waals surface area contributed by atoms with Crippen LogP contribution in [0.2, 0.25) is 5.02 Å². The van der Waals surface area contributed by atoms with Gasteiger partial charge in [0.15, 0.2) is 0 Å². The van der Waals surface area contributed by atoms with E-state index in [1.54, 1.807) is 18.2 Å². The van der Waals surface area contributed by atoms with Crippen molar-refractivity contribution in [2.24, 2.45) is 0 Å². The van der Waals surface area contributed by atoms with Gasteiger partial charge in [0.25, 0.3) is 0 Å². The second-order valence-electron chi connectivity index (χ2n) is 6.94. The van der Waals surface area contributed by atoms with Gasteiger partial charge in [-0.25, -0.2) is 8.78 Å². The predicted molar refractivity (Wildman–Crippen MR) is 114 cm³/mol. The second kappa shape index (κ2) is 7.73. The summed E-state index contributed by atoms with van der Waals surface area (Å²) in [4.78, 5) is 0. The minimum Gasteiger partial charge on any atom is -0.206 e. The van der Waals surface area contributed by atoms with Crippen molar-refractivity contribution in [1.29, 1.82) is 0 Å². The van der Waals surface area contributed by atoms with Crippen LogP contribution in [0, 0.1) is 11.6 Å². The summed E-state index contributed by atoms with van der Waals surface area (Å²) in [5, 5.41) is 1.35. The molecule has 4 rings (SSSR count). The molecule has 0 saturated heterocycles. The lowest BCUT2D eigenvalue weighted by Crippen LogP contribution is -1.89. The fraction of sp³-hybridized carbons (Fsp3) is 0.120. The molecule has 0 heterocycles. The van der Waals surface area contributed by atoms with Gasteiger partial charge in [0, 0.05) is 10.9 Å². The number of aryl methyl sites for hydroxylation is 1. The molecular weight excluding hydrogens is 374 g/mol. The molecule has 0 N–H and O–H groups in total. The first-order chi connectivity index (χ1) is 13.6. The van der Waals surface area contributed by atoms with Gasteiger partial charge in [0.2, 0.25) is 0 Å². The molecule has 0 fully saturated rings. The monoisotopic (exact) mass is 392 g/mol. The molecule has 140 valence electrons. The topological polar surface area (TPSA) is 0 Å². The Morgan fingerprint density at radius 3 is 2.18 bits per heavy atom. The van der Waals surface area contributed by atoms with Crippen LogP contribution in [0.15, 0.2) is 72.8 Å². The summed E-state index contributed by atoms with van der Waals surface area (Å²) < 4.78 is 28.9. The molecule has 3 heteroatoms. The molecule has 4 aromatic rings. The highest BCUT2D eigenvalue weighted by atomic mass is 35.5. The first-order valence-electron chi connectivity index (χ1n) is 9.34. The summed E-state index contributed by atoms with van der Waals surface area (Å²) in [7, 11) is 0. The Hall–Kier alpha value is -2.71. The number of benzene rings is 4. The quantitative estimate of drug-likeness (QED) is 0.329. The van der Waals surface area contributed by atoms with Crippen molar-refractivity contribution in [3.05, 3.63) is 95.0 Å². The largest absolute Gasteiger partial charge is 0.206 e. The Balaban J connectivity index is 1.74. The first kappa shape index (κ1) is 18.6. The lowest BCUT2D eigenvalue weighted by Gasteiger charge is -2.10. The summed E-state index contributed by atoms with van der Waals surface area (Å²) in [6.45, 7) is 2.17. The van der Waals surface area contributed by atoms with Crippen LogP contribution in [0.5, 0.6) is 0 Å². The molecule has 0 nitrogen and oxygen atoms in total. The van der Waals surface area contributed by atoms with E-state index in [1.165, 1.54) is 17.7 Å². The molecule has 0 aliphatic carbocycles. The van der Waals surface area contributed by atoms with E-state index in [9.17, 15) is 4.39 Å². The Bertz CT molecular complexity index is 1150. The van der Waals surface area contributed by atoms with Crippen molar-refractivity contribution in [1.82, 2.24) is 0 Å². The van der Waals surface area contributed by atoms with E-state index in [2.05, 4.69) is 31.2 Å². The fourth-order valence-electron chi connectivity index (χ4n) is 3.51. The molecule has 0 amide bonds. The number of rotatable bonds is 4. The van der Waals surface area contributed by atoms with Crippen molar-refractivity contribution in [2.75, 3.05) is 0 Å². The maximum Gasteiger partial charge on any atom is 0.142 e. The zero-order valence-corrected chi connectivity index (χ0v) is 16.2. The van der Waals surface area contributed by atoms with Crippen molar-refractivity contribution >= 4 is 22.4 Å². The number of fused-ring (bicyclic) bond motifs is 1.